The van der Waals surface area contributed by atoms with Crippen molar-refractivity contribution in [2.24, 2.45) is 0 Å². The van der Waals surface area contributed by atoms with Crippen molar-refractivity contribution in [1.29, 1.82) is 0 Å². The molecule has 0 fully saturated rings. The number of hydrogen-bond donors (Lipinski definition) is 4. The third-order valence-electron chi connectivity index (χ3n) is 5.27. The maximum atomic E-state index is 12.8. The minimum Gasteiger partial charge on any atom is -0.508 e. The van der Waals surface area contributed by atoms with E-state index in [0.29, 0.717) is 5.56 Å². The summed E-state index contributed by atoms with van der Waals surface area (Å²) in [5, 5.41) is 16.8. The van der Waals surface area contributed by atoms with E-state index in [9.17, 15) is 24.3 Å². The molecule has 3 aromatic carbocycles. The number of esters is 1. The van der Waals surface area contributed by atoms with E-state index in [1.807, 2.05) is 48.5 Å². The Bertz CT molecular complexity index is 1200. The lowest BCUT2D eigenvalue weighted by molar-refractivity contribution is -0.149. The summed E-state index contributed by atoms with van der Waals surface area (Å²) >= 11 is 0. The Morgan fingerprint density at radius 1 is 0.658 bits per heavy atom. The normalized spacial score (nSPS) is 11.1. The van der Waals surface area contributed by atoms with Gasteiger partial charge in [0.1, 0.15) is 31.5 Å². The van der Waals surface area contributed by atoms with Gasteiger partial charge in [0, 0.05) is 6.42 Å². The molecule has 0 bridgehead atoms. The summed E-state index contributed by atoms with van der Waals surface area (Å²) in [5.74, 6) is -1.81. The second-order valence-corrected chi connectivity index (χ2v) is 8.28. The van der Waals surface area contributed by atoms with E-state index in [1.165, 1.54) is 12.1 Å². The Balaban J connectivity index is 1.45. The summed E-state index contributed by atoms with van der Waals surface area (Å²) in [6.45, 7) is -0.724. The van der Waals surface area contributed by atoms with E-state index in [0.717, 1.165) is 11.1 Å². The Labute approximate surface area is 220 Å². The van der Waals surface area contributed by atoms with E-state index >= 15 is 0 Å². The highest BCUT2D eigenvalue weighted by Crippen LogP contribution is 2.12. The maximum Gasteiger partial charge on any atom is 0.407 e. The standard InChI is InChI=1S/C28H29N3O7/c32-23-13-11-20(12-14-23)15-24(27(35)37-18-21-7-3-1-4-8-21)31-26(34)17-29-25(33)16-30-28(36)38-19-22-9-5-2-6-10-22/h1-14,24,32H,15-19H2,(H,29,33)(H,30,36)(H,31,34). The van der Waals surface area contributed by atoms with Crippen LogP contribution >= 0.6 is 0 Å². The fraction of sp³-hybridized carbons (Fsp3) is 0.214. The smallest absolute Gasteiger partial charge is 0.407 e. The predicted molar refractivity (Wildman–Crippen MR) is 138 cm³/mol. The highest BCUT2D eigenvalue weighted by atomic mass is 16.5. The average molecular weight is 520 g/mol. The van der Waals surface area contributed by atoms with Crippen LogP contribution in [-0.2, 0) is 43.5 Å². The van der Waals surface area contributed by atoms with Gasteiger partial charge in [0.05, 0.1) is 6.54 Å². The first-order chi connectivity index (χ1) is 18.4. The third kappa shape index (κ3) is 10.0. The number of carbonyl (C=O) groups is 4. The van der Waals surface area contributed by atoms with Gasteiger partial charge in [0.2, 0.25) is 11.8 Å². The molecule has 1 unspecified atom stereocenters. The van der Waals surface area contributed by atoms with Crippen LogP contribution in [0.25, 0.3) is 0 Å². The molecule has 0 aliphatic heterocycles. The van der Waals surface area contributed by atoms with Crippen molar-refractivity contribution in [3.8, 4) is 5.75 Å². The summed E-state index contributed by atoms with van der Waals surface area (Å²) in [7, 11) is 0. The van der Waals surface area contributed by atoms with Crippen LogP contribution in [0.3, 0.4) is 0 Å². The first-order valence-electron chi connectivity index (χ1n) is 11.9. The Morgan fingerprint density at radius 2 is 1.21 bits per heavy atom. The van der Waals surface area contributed by atoms with Crippen molar-refractivity contribution in [3.63, 3.8) is 0 Å². The van der Waals surface area contributed by atoms with Crippen LogP contribution in [0, 0.1) is 0 Å². The highest BCUT2D eigenvalue weighted by molar-refractivity contribution is 5.89. The lowest BCUT2D eigenvalue weighted by Crippen LogP contribution is -2.48. The van der Waals surface area contributed by atoms with E-state index in [1.54, 1.807) is 24.3 Å². The number of aromatic hydroxyl groups is 1. The molecule has 198 valence electrons. The maximum absolute atomic E-state index is 12.8. The summed E-state index contributed by atoms with van der Waals surface area (Å²) in [6, 6.07) is 23.3. The fourth-order valence-corrected chi connectivity index (χ4v) is 3.30. The van der Waals surface area contributed by atoms with E-state index < -0.39 is 43.0 Å². The number of phenols is 1. The zero-order valence-corrected chi connectivity index (χ0v) is 20.6. The number of rotatable bonds is 12. The molecule has 0 heterocycles. The van der Waals surface area contributed by atoms with Gasteiger partial charge >= 0.3 is 12.1 Å². The Hall–Kier alpha value is -4.86. The fourth-order valence-electron chi connectivity index (χ4n) is 3.30. The van der Waals surface area contributed by atoms with E-state index in [-0.39, 0.29) is 25.4 Å². The van der Waals surface area contributed by atoms with Crippen LogP contribution in [0.1, 0.15) is 16.7 Å². The van der Waals surface area contributed by atoms with Crippen LogP contribution in [0.4, 0.5) is 4.79 Å². The molecule has 10 nitrogen and oxygen atoms in total. The SMILES string of the molecule is O=C(CNC(=O)OCc1ccccc1)NCC(=O)NC(Cc1ccc(O)cc1)C(=O)OCc1ccccc1. The summed E-state index contributed by atoms with van der Waals surface area (Å²) in [4.78, 5) is 49.1. The van der Waals surface area contributed by atoms with Crippen LogP contribution in [0.15, 0.2) is 84.9 Å². The van der Waals surface area contributed by atoms with Crippen molar-refractivity contribution in [3.05, 3.63) is 102 Å². The molecule has 10 heteroatoms. The van der Waals surface area contributed by atoms with Crippen molar-refractivity contribution >= 4 is 23.9 Å². The molecule has 0 spiro atoms. The molecule has 1 atom stereocenters. The number of amides is 3. The summed E-state index contributed by atoms with van der Waals surface area (Å²) in [5.41, 5.74) is 2.28. The first kappa shape index (κ1) is 27.7. The molecule has 3 aromatic rings. The predicted octanol–water partition coefficient (Wildman–Crippen LogP) is 2.21. The van der Waals surface area contributed by atoms with Crippen LogP contribution in [-0.4, -0.2) is 48.1 Å². The average Bonchev–Trinajstić information content (AvgIpc) is 2.94. The number of carbonyl (C=O) groups excluding carboxylic acids is 4. The Kier molecular flexibility index (Phi) is 10.7. The quantitative estimate of drug-likeness (QED) is 0.269. The van der Waals surface area contributed by atoms with Gasteiger partial charge in [-0.2, -0.15) is 0 Å². The van der Waals surface area contributed by atoms with Gasteiger partial charge in [-0.05, 0) is 28.8 Å². The number of hydrogen-bond acceptors (Lipinski definition) is 7. The van der Waals surface area contributed by atoms with Crippen molar-refractivity contribution in [2.45, 2.75) is 25.7 Å². The van der Waals surface area contributed by atoms with Gasteiger partial charge in [-0.25, -0.2) is 9.59 Å². The van der Waals surface area contributed by atoms with Gasteiger partial charge in [0.15, 0.2) is 0 Å². The molecular formula is C28H29N3O7. The van der Waals surface area contributed by atoms with Gasteiger partial charge < -0.3 is 30.5 Å². The molecule has 38 heavy (non-hydrogen) atoms. The van der Waals surface area contributed by atoms with Gasteiger partial charge in [0.25, 0.3) is 0 Å². The van der Waals surface area contributed by atoms with Gasteiger partial charge in [-0.3, -0.25) is 9.59 Å². The van der Waals surface area contributed by atoms with E-state index in [2.05, 4.69) is 16.0 Å². The number of phenolic OH excluding ortho intramolecular Hbond substituents is 1. The summed E-state index contributed by atoms with van der Waals surface area (Å²) in [6.07, 6.45) is -0.661. The third-order valence-corrected chi connectivity index (χ3v) is 5.27. The number of nitrogens with one attached hydrogen (secondary N) is 3. The lowest BCUT2D eigenvalue weighted by Gasteiger charge is -2.18. The molecule has 0 aliphatic carbocycles. The molecule has 4 N–H and O–H groups in total. The first-order valence-corrected chi connectivity index (χ1v) is 11.9. The zero-order valence-electron chi connectivity index (χ0n) is 20.6. The molecule has 0 aromatic heterocycles. The van der Waals surface area contributed by atoms with Crippen LogP contribution in [0.2, 0.25) is 0 Å². The number of benzene rings is 3. The molecule has 0 radical (unpaired) electrons. The summed E-state index contributed by atoms with van der Waals surface area (Å²) < 4.78 is 10.4. The lowest BCUT2D eigenvalue weighted by atomic mass is 10.1. The van der Waals surface area contributed by atoms with Crippen molar-refractivity contribution in [1.82, 2.24) is 16.0 Å². The molecule has 0 aliphatic rings. The zero-order chi connectivity index (χ0) is 27.2. The van der Waals surface area contributed by atoms with E-state index in [4.69, 9.17) is 9.47 Å². The van der Waals surface area contributed by atoms with Crippen molar-refractivity contribution < 1.29 is 33.8 Å². The topological polar surface area (TPSA) is 143 Å². The minimum absolute atomic E-state index is 0.0321. The minimum atomic E-state index is -1.03. The number of ether oxygens (including phenoxy) is 2. The second-order valence-electron chi connectivity index (χ2n) is 8.28. The van der Waals surface area contributed by atoms with Gasteiger partial charge in [-0.15, -0.1) is 0 Å². The second kappa shape index (κ2) is 14.6. The largest absolute Gasteiger partial charge is 0.508 e. The molecular weight excluding hydrogens is 490 g/mol. The van der Waals surface area contributed by atoms with Crippen molar-refractivity contribution in [2.75, 3.05) is 13.1 Å². The number of alkyl carbamates (subject to hydrolysis) is 1. The molecule has 0 saturated heterocycles. The molecule has 3 amide bonds. The van der Waals surface area contributed by atoms with Crippen LogP contribution in [0.5, 0.6) is 5.75 Å². The molecule has 3 rings (SSSR count). The highest BCUT2D eigenvalue weighted by Gasteiger charge is 2.23. The van der Waals surface area contributed by atoms with Gasteiger partial charge in [-0.1, -0.05) is 72.8 Å². The monoisotopic (exact) mass is 519 g/mol. The van der Waals surface area contributed by atoms with Crippen LogP contribution < -0.4 is 16.0 Å². The molecule has 0 saturated carbocycles. The Morgan fingerprint density at radius 3 is 1.82 bits per heavy atom.